The number of nitrogens with zero attached hydrogens (tertiary/aromatic N) is 1. The van der Waals surface area contributed by atoms with Gasteiger partial charge in [0.15, 0.2) is 0 Å². The van der Waals surface area contributed by atoms with E-state index in [2.05, 4.69) is 41.4 Å². The number of fused-ring (bicyclic) bond motifs is 1. The van der Waals surface area contributed by atoms with Crippen molar-refractivity contribution in [1.82, 2.24) is 10.2 Å². The van der Waals surface area contributed by atoms with Crippen molar-refractivity contribution in [3.8, 4) is 0 Å². The first-order valence-corrected chi connectivity index (χ1v) is 7.97. The van der Waals surface area contributed by atoms with Gasteiger partial charge < -0.3 is 10.1 Å². The highest BCUT2D eigenvalue weighted by atomic mass is 32.1. The van der Waals surface area contributed by atoms with E-state index in [-0.39, 0.29) is 0 Å². The van der Waals surface area contributed by atoms with Gasteiger partial charge in [-0.3, -0.25) is 4.90 Å². The number of rotatable bonds is 8. The number of benzene rings is 1. The van der Waals surface area contributed by atoms with E-state index >= 15 is 0 Å². The van der Waals surface area contributed by atoms with Gasteiger partial charge in [0.2, 0.25) is 0 Å². The number of methoxy groups -OCH3 is 1. The molecule has 0 amide bonds. The van der Waals surface area contributed by atoms with Crippen LogP contribution in [0.4, 0.5) is 0 Å². The summed E-state index contributed by atoms with van der Waals surface area (Å²) in [6, 6.07) is 8.71. The molecule has 1 aromatic carbocycles. The lowest BCUT2D eigenvalue weighted by Gasteiger charge is -2.20. The zero-order chi connectivity index (χ0) is 14.4. The second-order valence-electron chi connectivity index (χ2n) is 4.89. The Hall–Kier alpha value is -0.940. The quantitative estimate of drug-likeness (QED) is 0.809. The maximum absolute atomic E-state index is 5.21. The summed E-state index contributed by atoms with van der Waals surface area (Å²) in [4.78, 5) is 3.89. The summed E-state index contributed by atoms with van der Waals surface area (Å²) in [6.45, 7) is 6.97. The highest BCUT2D eigenvalue weighted by Crippen LogP contribution is 2.32. The Kier molecular flexibility index (Phi) is 5.98. The van der Waals surface area contributed by atoms with Crippen molar-refractivity contribution < 1.29 is 4.74 Å². The molecule has 0 saturated heterocycles. The maximum atomic E-state index is 5.21. The number of hydrogen-bond donors (Lipinski definition) is 1. The van der Waals surface area contributed by atoms with Gasteiger partial charge in [-0.1, -0.05) is 25.1 Å². The molecule has 0 unspecified atom stereocenters. The van der Waals surface area contributed by atoms with Crippen LogP contribution in [0.3, 0.4) is 0 Å². The molecule has 4 heteroatoms. The van der Waals surface area contributed by atoms with Crippen LogP contribution in [0.15, 0.2) is 24.3 Å². The smallest absolute Gasteiger partial charge is 0.0589 e. The van der Waals surface area contributed by atoms with E-state index in [1.165, 1.54) is 20.5 Å². The lowest BCUT2D eigenvalue weighted by molar-refractivity contribution is 0.147. The number of likely N-dealkylation sites (N-methyl/N-ethyl adjacent to an activating group) is 1. The minimum absolute atomic E-state index is 0.789. The number of ether oxygens (including phenoxy) is 1. The van der Waals surface area contributed by atoms with Crippen LogP contribution in [0.2, 0.25) is 0 Å². The summed E-state index contributed by atoms with van der Waals surface area (Å²) in [5, 5.41) is 4.69. The largest absolute Gasteiger partial charge is 0.383 e. The van der Waals surface area contributed by atoms with Gasteiger partial charge in [0.05, 0.1) is 6.61 Å². The average Bonchev–Trinajstić information content (AvgIpc) is 2.81. The number of thiophene rings is 1. The molecule has 110 valence electrons. The Morgan fingerprint density at radius 3 is 2.80 bits per heavy atom. The highest BCUT2D eigenvalue weighted by Gasteiger charge is 2.14. The minimum atomic E-state index is 0.789. The molecule has 0 atom stereocenters. The maximum Gasteiger partial charge on any atom is 0.0589 e. The topological polar surface area (TPSA) is 24.5 Å². The second kappa shape index (κ2) is 7.74. The monoisotopic (exact) mass is 292 g/mol. The Morgan fingerprint density at radius 2 is 2.10 bits per heavy atom. The van der Waals surface area contributed by atoms with Crippen molar-refractivity contribution in [3.63, 3.8) is 0 Å². The highest BCUT2D eigenvalue weighted by molar-refractivity contribution is 7.19. The summed E-state index contributed by atoms with van der Waals surface area (Å²) >= 11 is 1.90. The van der Waals surface area contributed by atoms with E-state index in [1.54, 1.807) is 7.11 Å². The average molecular weight is 292 g/mol. The predicted molar refractivity (Wildman–Crippen MR) is 87.4 cm³/mol. The third-order valence-electron chi connectivity index (χ3n) is 3.56. The summed E-state index contributed by atoms with van der Waals surface area (Å²) in [5.74, 6) is 0. The molecule has 2 aromatic rings. The molecule has 1 aromatic heterocycles. The van der Waals surface area contributed by atoms with Crippen molar-refractivity contribution in [1.29, 1.82) is 0 Å². The van der Waals surface area contributed by atoms with Crippen molar-refractivity contribution in [2.24, 2.45) is 0 Å². The lowest BCUT2D eigenvalue weighted by Crippen LogP contribution is -2.27. The zero-order valence-electron chi connectivity index (χ0n) is 12.6. The molecule has 0 aliphatic rings. The Bertz CT molecular complexity index is 538. The zero-order valence-corrected chi connectivity index (χ0v) is 13.4. The van der Waals surface area contributed by atoms with Gasteiger partial charge in [-0.05, 0) is 30.6 Å². The van der Waals surface area contributed by atoms with Crippen molar-refractivity contribution in [3.05, 3.63) is 34.7 Å². The standard InChI is InChI=1S/C16H24N2OS/c1-4-18(9-10-19-3)12-14-13-7-5-6-8-15(13)20-16(14)11-17-2/h5-8,17H,4,9-12H2,1-3H3. The fourth-order valence-electron chi connectivity index (χ4n) is 2.42. The van der Waals surface area contributed by atoms with Crippen LogP contribution in [0.1, 0.15) is 17.4 Å². The third kappa shape index (κ3) is 3.58. The Balaban J connectivity index is 2.27. The minimum Gasteiger partial charge on any atom is -0.383 e. The van der Waals surface area contributed by atoms with E-state index in [1.807, 2.05) is 18.4 Å². The molecule has 2 rings (SSSR count). The van der Waals surface area contributed by atoms with Crippen LogP contribution in [0.5, 0.6) is 0 Å². The van der Waals surface area contributed by atoms with Crippen LogP contribution in [0, 0.1) is 0 Å². The molecule has 0 spiro atoms. The first-order valence-electron chi connectivity index (χ1n) is 7.15. The van der Waals surface area contributed by atoms with Gasteiger partial charge in [0.25, 0.3) is 0 Å². The molecule has 0 saturated carbocycles. The van der Waals surface area contributed by atoms with Gasteiger partial charge >= 0.3 is 0 Å². The molecule has 0 bridgehead atoms. The molecule has 1 heterocycles. The van der Waals surface area contributed by atoms with E-state index in [0.29, 0.717) is 0 Å². The van der Waals surface area contributed by atoms with E-state index < -0.39 is 0 Å². The van der Waals surface area contributed by atoms with Crippen LogP contribution in [-0.2, 0) is 17.8 Å². The van der Waals surface area contributed by atoms with Crippen LogP contribution in [0.25, 0.3) is 10.1 Å². The molecule has 1 N–H and O–H groups in total. The van der Waals surface area contributed by atoms with E-state index in [4.69, 9.17) is 4.74 Å². The van der Waals surface area contributed by atoms with Crippen LogP contribution >= 0.6 is 11.3 Å². The molecule has 0 fully saturated rings. The molecular weight excluding hydrogens is 268 g/mol. The van der Waals surface area contributed by atoms with E-state index in [0.717, 1.165) is 32.8 Å². The second-order valence-corrected chi connectivity index (χ2v) is 6.03. The first kappa shape index (κ1) is 15.4. The van der Waals surface area contributed by atoms with Crippen molar-refractivity contribution in [2.45, 2.75) is 20.0 Å². The van der Waals surface area contributed by atoms with Crippen molar-refractivity contribution in [2.75, 3.05) is 33.9 Å². The lowest BCUT2D eigenvalue weighted by atomic mass is 10.1. The summed E-state index contributed by atoms with van der Waals surface area (Å²) < 4.78 is 6.59. The van der Waals surface area contributed by atoms with Crippen molar-refractivity contribution >= 4 is 21.4 Å². The summed E-state index contributed by atoms with van der Waals surface area (Å²) in [5.41, 5.74) is 1.47. The SMILES string of the molecule is CCN(CCOC)Cc1c(CNC)sc2ccccc12. The van der Waals surface area contributed by atoms with Gasteiger partial charge in [0, 0.05) is 36.3 Å². The van der Waals surface area contributed by atoms with E-state index in [9.17, 15) is 0 Å². The molecule has 0 aliphatic carbocycles. The van der Waals surface area contributed by atoms with Gasteiger partial charge in [-0.25, -0.2) is 0 Å². The first-order chi connectivity index (χ1) is 9.80. The molecule has 0 radical (unpaired) electrons. The fraction of sp³-hybridized carbons (Fsp3) is 0.500. The third-order valence-corrected chi connectivity index (χ3v) is 4.77. The van der Waals surface area contributed by atoms with Gasteiger partial charge in [-0.2, -0.15) is 0 Å². The van der Waals surface area contributed by atoms with Crippen LogP contribution < -0.4 is 5.32 Å². The van der Waals surface area contributed by atoms with Gasteiger partial charge in [-0.15, -0.1) is 11.3 Å². The molecule has 20 heavy (non-hydrogen) atoms. The van der Waals surface area contributed by atoms with Crippen LogP contribution in [-0.4, -0.2) is 38.8 Å². The summed E-state index contributed by atoms with van der Waals surface area (Å²) in [6.07, 6.45) is 0. The Labute approximate surface area is 125 Å². The fourth-order valence-corrected chi connectivity index (χ4v) is 3.65. The molecule has 3 nitrogen and oxygen atoms in total. The molecular formula is C16H24N2OS. The predicted octanol–water partition coefficient (Wildman–Crippen LogP) is 3.09. The summed E-state index contributed by atoms with van der Waals surface area (Å²) in [7, 11) is 3.77. The number of hydrogen-bond acceptors (Lipinski definition) is 4. The Morgan fingerprint density at radius 1 is 1.30 bits per heavy atom. The number of nitrogens with one attached hydrogen (secondary N) is 1. The molecule has 0 aliphatic heterocycles. The normalized spacial score (nSPS) is 11.6. The van der Waals surface area contributed by atoms with Gasteiger partial charge in [0.1, 0.15) is 0 Å².